The fourth-order valence-electron chi connectivity index (χ4n) is 3.48. The molecule has 148 valence electrons. The van der Waals surface area contributed by atoms with E-state index in [0.717, 1.165) is 31.4 Å². The molecule has 0 aliphatic carbocycles. The molecule has 0 N–H and O–H groups in total. The number of benzene rings is 1. The summed E-state index contributed by atoms with van der Waals surface area (Å²) in [5.74, 6) is 0.103. The molecule has 3 heterocycles. The number of halogens is 1. The van der Waals surface area contributed by atoms with Crippen LogP contribution >= 0.6 is 11.8 Å². The molecular weight excluding hydrogens is 383 g/mol. The lowest BCUT2D eigenvalue weighted by molar-refractivity contribution is -0.140. The van der Waals surface area contributed by atoms with E-state index in [1.807, 2.05) is 4.57 Å². The SMILES string of the molecule is O=C1CCCN1C(=O)CSc1nnc(-c2ccc(F)cc2)n1C[C@@H]1CCCO1. The average Bonchev–Trinajstić information content (AvgIpc) is 3.43. The Morgan fingerprint density at radius 3 is 2.75 bits per heavy atom. The number of thioether (sulfide) groups is 1. The largest absolute Gasteiger partial charge is 0.376 e. The first-order valence-electron chi connectivity index (χ1n) is 9.38. The number of aromatic nitrogens is 3. The fourth-order valence-corrected chi connectivity index (χ4v) is 4.30. The lowest BCUT2D eigenvalue weighted by Crippen LogP contribution is -2.33. The Morgan fingerprint density at radius 2 is 2.07 bits per heavy atom. The summed E-state index contributed by atoms with van der Waals surface area (Å²) in [5, 5.41) is 9.11. The molecule has 0 radical (unpaired) electrons. The third kappa shape index (κ3) is 4.10. The number of nitrogens with zero attached hydrogens (tertiary/aromatic N) is 4. The summed E-state index contributed by atoms with van der Waals surface area (Å²) in [6.45, 7) is 1.79. The van der Waals surface area contributed by atoms with Gasteiger partial charge in [0, 0.05) is 25.1 Å². The summed E-state index contributed by atoms with van der Waals surface area (Å²) in [4.78, 5) is 25.4. The van der Waals surface area contributed by atoms with Crippen molar-refractivity contribution in [1.82, 2.24) is 19.7 Å². The highest BCUT2D eigenvalue weighted by Crippen LogP contribution is 2.27. The number of hydrogen-bond acceptors (Lipinski definition) is 6. The van der Waals surface area contributed by atoms with E-state index in [9.17, 15) is 14.0 Å². The Labute approximate surface area is 166 Å². The molecule has 1 aromatic heterocycles. The van der Waals surface area contributed by atoms with Crippen LogP contribution in [0.4, 0.5) is 4.39 Å². The summed E-state index contributed by atoms with van der Waals surface area (Å²) >= 11 is 1.26. The van der Waals surface area contributed by atoms with E-state index in [2.05, 4.69) is 10.2 Å². The van der Waals surface area contributed by atoms with Crippen LogP contribution in [-0.4, -0.2) is 56.5 Å². The molecular formula is C19H21FN4O3S. The van der Waals surface area contributed by atoms with Gasteiger partial charge in [0.2, 0.25) is 11.8 Å². The van der Waals surface area contributed by atoms with Crippen LogP contribution in [0, 0.1) is 5.82 Å². The van der Waals surface area contributed by atoms with Gasteiger partial charge in [-0.05, 0) is 43.5 Å². The second-order valence-corrected chi connectivity index (χ2v) is 7.83. The van der Waals surface area contributed by atoms with Crippen LogP contribution in [-0.2, 0) is 20.9 Å². The Hall–Kier alpha value is -2.26. The number of rotatable bonds is 6. The standard InChI is InChI=1S/C19H21FN4O3S/c20-14-7-5-13(6-8-14)18-21-22-19(24(18)11-15-3-2-10-27-15)28-12-17(26)23-9-1-4-16(23)25/h5-8,15H,1-4,9-12H2/t15-/m0/s1. The first-order valence-corrected chi connectivity index (χ1v) is 10.4. The van der Waals surface area contributed by atoms with Crippen molar-refractivity contribution in [2.24, 2.45) is 0 Å². The summed E-state index contributed by atoms with van der Waals surface area (Å²) < 4.78 is 21.0. The molecule has 9 heteroatoms. The Bertz CT molecular complexity index is 865. The third-order valence-corrected chi connectivity index (χ3v) is 5.88. The molecule has 0 bridgehead atoms. The Kier molecular flexibility index (Phi) is 5.72. The zero-order valence-corrected chi connectivity index (χ0v) is 16.2. The number of hydrogen-bond donors (Lipinski definition) is 0. The first-order chi connectivity index (χ1) is 13.6. The number of imide groups is 1. The molecule has 0 spiro atoms. The molecule has 2 saturated heterocycles. The molecule has 0 saturated carbocycles. The van der Waals surface area contributed by atoms with Gasteiger partial charge in [-0.15, -0.1) is 10.2 Å². The minimum Gasteiger partial charge on any atom is -0.376 e. The molecule has 4 rings (SSSR count). The van der Waals surface area contributed by atoms with Crippen LogP contribution in [0.15, 0.2) is 29.4 Å². The number of ether oxygens (including phenoxy) is 1. The van der Waals surface area contributed by atoms with E-state index in [-0.39, 0.29) is 29.5 Å². The lowest BCUT2D eigenvalue weighted by Gasteiger charge is -2.16. The highest BCUT2D eigenvalue weighted by molar-refractivity contribution is 7.99. The van der Waals surface area contributed by atoms with Crippen LogP contribution in [0.5, 0.6) is 0 Å². The smallest absolute Gasteiger partial charge is 0.239 e. The first kappa shape index (κ1) is 19.1. The van der Waals surface area contributed by atoms with E-state index < -0.39 is 0 Å². The molecule has 1 aromatic carbocycles. The minimum atomic E-state index is -0.315. The number of likely N-dealkylation sites (tertiary alicyclic amines) is 1. The van der Waals surface area contributed by atoms with Gasteiger partial charge < -0.3 is 4.74 Å². The molecule has 2 aliphatic rings. The quantitative estimate of drug-likeness (QED) is 0.689. The van der Waals surface area contributed by atoms with Gasteiger partial charge in [-0.25, -0.2) is 4.39 Å². The normalized spacial score (nSPS) is 19.5. The summed E-state index contributed by atoms with van der Waals surface area (Å²) in [6.07, 6.45) is 3.17. The average molecular weight is 404 g/mol. The van der Waals surface area contributed by atoms with Gasteiger partial charge in [0.1, 0.15) is 5.82 Å². The molecule has 7 nitrogen and oxygen atoms in total. The van der Waals surface area contributed by atoms with Crippen molar-refractivity contribution in [2.45, 2.75) is 43.5 Å². The van der Waals surface area contributed by atoms with Gasteiger partial charge in [-0.2, -0.15) is 0 Å². The van der Waals surface area contributed by atoms with Crippen molar-refractivity contribution in [3.63, 3.8) is 0 Å². The Balaban J connectivity index is 1.54. The maximum absolute atomic E-state index is 13.3. The lowest BCUT2D eigenvalue weighted by atomic mass is 10.2. The van der Waals surface area contributed by atoms with E-state index in [1.54, 1.807) is 12.1 Å². The minimum absolute atomic E-state index is 0.0606. The van der Waals surface area contributed by atoms with Crippen molar-refractivity contribution in [2.75, 3.05) is 18.9 Å². The predicted octanol–water partition coefficient (Wildman–Crippen LogP) is 2.50. The monoisotopic (exact) mass is 404 g/mol. The third-order valence-electron chi connectivity index (χ3n) is 4.93. The van der Waals surface area contributed by atoms with Crippen LogP contribution in [0.2, 0.25) is 0 Å². The van der Waals surface area contributed by atoms with E-state index in [0.29, 0.717) is 30.5 Å². The van der Waals surface area contributed by atoms with Gasteiger partial charge in [0.05, 0.1) is 18.4 Å². The van der Waals surface area contributed by atoms with Gasteiger partial charge in [0.25, 0.3) is 0 Å². The summed E-state index contributed by atoms with van der Waals surface area (Å²) in [6, 6.07) is 6.09. The number of carbonyl (C=O) groups excluding carboxylic acids is 2. The van der Waals surface area contributed by atoms with Crippen molar-refractivity contribution in [3.05, 3.63) is 30.1 Å². The highest BCUT2D eigenvalue weighted by atomic mass is 32.2. The van der Waals surface area contributed by atoms with Gasteiger partial charge in [-0.3, -0.25) is 19.1 Å². The van der Waals surface area contributed by atoms with Crippen molar-refractivity contribution >= 4 is 23.6 Å². The van der Waals surface area contributed by atoms with Gasteiger partial charge in [-0.1, -0.05) is 11.8 Å². The maximum Gasteiger partial charge on any atom is 0.239 e. The van der Waals surface area contributed by atoms with Gasteiger partial charge >= 0.3 is 0 Å². The van der Waals surface area contributed by atoms with Crippen molar-refractivity contribution < 1.29 is 18.7 Å². The van der Waals surface area contributed by atoms with Crippen LogP contribution in [0.1, 0.15) is 25.7 Å². The predicted molar refractivity (Wildman–Crippen MR) is 101 cm³/mol. The molecule has 2 fully saturated rings. The molecule has 2 aliphatic heterocycles. The topological polar surface area (TPSA) is 77.3 Å². The molecule has 2 aromatic rings. The van der Waals surface area contributed by atoms with Crippen LogP contribution in [0.25, 0.3) is 11.4 Å². The molecule has 28 heavy (non-hydrogen) atoms. The van der Waals surface area contributed by atoms with Crippen molar-refractivity contribution in [1.29, 1.82) is 0 Å². The summed E-state index contributed by atoms with van der Waals surface area (Å²) in [7, 11) is 0. The number of carbonyl (C=O) groups is 2. The van der Waals surface area contributed by atoms with Gasteiger partial charge in [0.15, 0.2) is 11.0 Å². The fraction of sp³-hybridized carbons (Fsp3) is 0.474. The zero-order chi connectivity index (χ0) is 19.5. The van der Waals surface area contributed by atoms with Crippen LogP contribution < -0.4 is 0 Å². The molecule has 2 amide bonds. The molecule has 1 atom stereocenters. The Morgan fingerprint density at radius 1 is 1.25 bits per heavy atom. The summed E-state index contributed by atoms with van der Waals surface area (Å²) in [5.41, 5.74) is 0.750. The van der Waals surface area contributed by atoms with Crippen molar-refractivity contribution in [3.8, 4) is 11.4 Å². The van der Waals surface area contributed by atoms with E-state index in [1.165, 1.54) is 28.8 Å². The zero-order valence-electron chi connectivity index (χ0n) is 15.3. The number of amides is 2. The maximum atomic E-state index is 13.3. The van der Waals surface area contributed by atoms with E-state index in [4.69, 9.17) is 4.74 Å². The second-order valence-electron chi connectivity index (χ2n) is 6.89. The van der Waals surface area contributed by atoms with E-state index >= 15 is 0 Å². The second kappa shape index (κ2) is 8.40. The highest BCUT2D eigenvalue weighted by Gasteiger charge is 2.27. The molecule has 0 unspecified atom stereocenters. The van der Waals surface area contributed by atoms with Crippen LogP contribution in [0.3, 0.4) is 0 Å².